The monoisotopic (exact) mass is 498 g/mol. The number of carbonyl (C=O) groups is 2. The first-order valence-corrected chi connectivity index (χ1v) is 14.2. The summed E-state index contributed by atoms with van der Waals surface area (Å²) in [5.74, 6) is -1.09. The van der Waals surface area contributed by atoms with E-state index >= 15 is 0 Å². The molecule has 1 aliphatic carbocycles. The topological polar surface area (TPSA) is 71.1 Å². The van der Waals surface area contributed by atoms with Crippen LogP contribution in [0.5, 0.6) is 0 Å². The van der Waals surface area contributed by atoms with Crippen LogP contribution in [0.2, 0.25) is 0 Å². The van der Waals surface area contributed by atoms with Gasteiger partial charge in [0.25, 0.3) is 0 Å². The molecule has 0 amide bonds. The quantitative estimate of drug-likeness (QED) is 0.129. The second kappa shape index (κ2) is 15.9. The molecule has 1 fully saturated rings. The Labute approximate surface area is 215 Å². The molecule has 1 rings (SSSR count). The van der Waals surface area contributed by atoms with Crippen LogP contribution in [0.1, 0.15) is 139 Å². The number of unbranched alkanes of at least 4 members (excludes halogenated alkanes) is 7. The highest BCUT2D eigenvalue weighted by Crippen LogP contribution is 2.44. The average Bonchev–Trinajstić information content (AvgIpc) is 2.77. The second-order valence-electron chi connectivity index (χ2n) is 12.5. The predicted octanol–water partition coefficient (Wildman–Crippen LogP) is 8.12. The molecule has 4 atom stereocenters. The molecule has 0 bridgehead atoms. The molecular weight excluding hydrogens is 444 g/mol. The number of carbonyl (C=O) groups excluding carboxylic acids is 2. The van der Waals surface area contributed by atoms with Gasteiger partial charge < -0.3 is 0 Å². The van der Waals surface area contributed by atoms with Gasteiger partial charge in [0.05, 0.1) is 11.8 Å². The van der Waals surface area contributed by atoms with Crippen LogP contribution in [0.4, 0.5) is 0 Å². The van der Waals surface area contributed by atoms with Crippen molar-refractivity contribution in [1.29, 1.82) is 0 Å². The maximum atomic E-state index is 13.2. The Morgan fingerprint density at radius 3 is 1.34 bits per heavy atom. The highest BCUT2D eigenvalue weighted by Gasteiger charge is 2.45. The molecule has 0 saturated heterocycles. The van der Waals surface area contributed by atoms with E-state index in [0.29, 0.717) is 6.42 Å². The van der Waals surface area contributed by atoms with Crippen LogP contribution in [0.15, 0.2) is 0 Å². The molecule has 35 heavy (non-hydrogen) atoms. The first-order chi connectivity index (χ1) is 16.4. The third kappa shape index (κ3) is 13.7. The molecule has 0 N–H and O–H groups in total. The van der Waals surface area contributed by atoms with Crippen molar-refractivity contribution in [3.05, 3.63) is 0 Å². The molecule has 0 aliphatic heterocycles. The standard InChI is InChI=1S/C29H54O6/c1-9-11-13-15-17-19-23-20-22(18-16-14-12-10-2)24(26(30)32-34-28(3,4)5)21-25(23)27(31)33-35-29(6,7)8/h22-25H,9-21H2,1-8H3. The lowest BCUT2D eigenvalue weighted by Gasteiger charge is -2.39. The van der Waals surface area contributed by atoms with Crippen molar-refractivity contribution in [2.45, 2.75) is 150 Å². The number of hydrogen-bond acceptors (Lipinski definition) is 6. The first kappa shape index (κ1) is 31.9. The van der Waals surface area contributed by atoms with Gasteiger partial charge in [-0.15, -0.1) is 0 Å². The summed E-state index contributed by atoms with van der Waals surface area (Å²) in [6, 6.07) is 0. The second-order valence-corrected chi connectivity index (χ2v) is 12.5. The van der Waals surface area contributed by atoms with E-state index in [1.165, 1.54) is 44.9 Å². The minimum Gasteiger partial charge on any atom is -0.298 e. The molecule has 0 spiro atoms. The van der Waals surface area contributed by atoms with Crippen LogP contribution in [-0.4, -0.2) is 23.1 Å². The van der Waals surface area contributed by atoms with Gasteiger partial charge >= 0.3 is 11.9 Å². The van der Waals surface area contributed by atoms with Crippen LogP contribution in [0.25, 0.3) is 0 Å². The summed E-state index contributed by atoms with van der Waals surface area (Å²) in [5.41, 5.74) is -1.17. The average molecular weight is 499 g/mol. The minimum atomic E-state index is -0.583. The zero-order valence-corrected chi connectivity index (χ0v) is 24.0. The van der Waals surface area contributed by atoms with Crippen molar-refractivity contribution in [2.75, 3.05) is 0 Å². The van der Waals surface area contributed by atoms with Crippen LogP contribution in [0.3, 0.4) is 0 Å². The lowest BCUT2D eigenvalue weighted by atomic mass is 9.65. The van der Waals surface area contributed by atoms with Crippen molar-refractivity contribution in [2.24, 2.45) is 23.7 Å². The Morgan fingerprint density at radius 1 is 0.600 bits per heavy atom. The number of rotatable bonds is 15. The van der Waals surface area contributed by atoms with Gasteiger partial charge in [-0.2, -0.15) is 9.78 Å². The van der Waals surface area contributed by atoms with E-state index in [2.05, 4.69) is 13.8 Å². The molecular formula is C29H54O6. The van der Waals surface area contributed by atoms with Gasteiger partial charge in [-0.1, -0.05) is 71.6 Å². The summed E-state index contributed by atoms with van der Waals surface area (Å²) in [4.78, 5) is 47.6. The molecule has 1 aliphatic rings. The van der Waals surface area contributed by atoms with E-state index in [9.17, 15) is 9.59 Å². The van der Waals surface area contributed by atoms with Crippen molar-refractivity contribution < 1.29 is 29.1 Å². The summed E-state index contributed by atoms with van der Waals surface area (Å²) in [6.45, 7) is 15.5. The molecule has 206 valence electrons. The largest absolute Gasteiger partial charge is 0.345 e. The minimum absolute atomic E-state index is 0.191. The predicted molar refractivity (Wildman–Crippen MR) is 139 cm³/mol. The molecule has 0 radical (unpaired) electrons. The van der Waals surface area contributed by atoms with Crippen LogP contribution < -0.4 is 0 Å². The van der Waals surface area contributed by atoms with E-state index in [-0.39, 0.29) is 35.6 Å². The molecule has 0 aromatic heterocycles. The van der Waals surface area contributed by atoms with Crippen LogP contribution in [-0.2, 0) is 29.1 Å². The van der Waals surface area contributed by atoms with Crippen molar-refractivity contribution in [3.63, 3.8) is 0 Å². The fraction of sp³-hybridized carbons (Fsp3) is 0.931. The van der Waals surface area contributed by atoms with E-state index in [0.717, 1.165) is 32.1 Å². The van der Waals surface area contributed by atoms with Crippen molar-refractivity contribution in [3.8, 4) is 0 Å². The molecule has 0 aromatic carbocycles. The highest BCUT2D eigenvalue weighted by atomic mass is 17.2. The summed E-state index contributed by atoms with van der Waals surface area (Å²) in [6.07, 6.45) is 13.8. The van der Waals surface area contributed by atoms with E-state index in [1.54, 1.807) is 0 Å². The summed E-state index contributed by atoms with van der Waals surface area (Å²) in [5, 5.41) is 0. The van der Waals surface area contributed by atoms with E-state index in [1.807, 2.05) is 41.5 Å². The van der Waals surface area contributed by atoms with Gasteiger partial charge in [-0.25, -0.2) is 9.59 Å². The lowest BCUT2D eigenvalue weighted by Crippen LogP contribution is -2.41. The number of hydrogen-bond donors (Lipinski definition) is 0. The summed E-state index contributed by atoms with van der Waals surface area (Å²) < 4.78 is 0. The third-order valence-corrected chi connectivity index (χ3v) is 6.71. The SMILES string of the molecule is CCCCCCCC1CC(CCCCCC)C(C(=O)OOC(C)(C)C)CC1C(=O)OOC(C)(C)C. The third-order valence-electron chi connectivity index (χ3n) is 6.71. The Bertz CT molecular complexity index is 603. The van der Waals surface area contributed by atoms with Crippen LogP contribution in [0, 0.1) is 23.7 Å². The van der Waals surface area contributed by atoms with Gasteiger partial charge in [-0.3, -0.25) is 9.78 Å². The molecule has 6 heteroatoms. The molecule has 1 saturated carbocycles. The highest BCUT2D eigenvalue weighted by molar-refractivity contribution is 5.76. The summed E-state index contributed by atoms with van der Waals surface area (Å²) >= 11 is 0. The van der Waals surface area contributed by atoms with Crippen molar-refractivity contribution >= 4 is 11.9 Å². The molecule has 6 nitrogen and oxygen atoms in total. The van der Waals surface area contributed by atoms with Gasteiger partial charge in [-0.05, 0) is 79.1 Å². The zero-order chi connectivity index (χ0) is 26.5. The smallest absolute Gasteiger partial charge is 0.298 e. The Balaban J connectivity index is 3.00. The first-order valence-electron chi connectivity index (χ1n) is 14.2. The fourth-order valence-corrected chi connectivity index (χ4v) is 4.89. The zero-order valence-electron chi connectivity index (χ0n) is 24.0. The van der Waals surface area contributed by atoms with E-state index in [4.69, 9.17) is 19.6 Å². The Hall–Kier alpha value is -1.14. The lowest BCUT2D eigenvalue weighted by molar-refractivity contribution is -0.328. The van der Waals surface area contributed by atoms with Crippen molar-refractivity contribution in [1.82, 2.24) is 0 Å². The maximum absolute atomic E-state index is 13.2. The van der Waals surface area contributed by atoms with Gasteiger partial charge in [0.15, 0.2) is 0 Å². The Morgan fingerprint density at radius 2 is 0.971 bits per heavy atom. The van der Waals surface area contributed by atoms with Crippen LogP contribution >= 0.6 is 0 Å². The van der Waals surface area contributed by atoms with Gasteiger partial charge in [0.1, 0.15) is 11.2 Å². The van der Waals surface area contributed by atoms with Gasteiger partial charge in [0.2, 0.25) is 0 Å². The molecule has 0 aromatic rings. The van der Waals surface area contributed by atoms with Gasteiger partial charge in [0, 0.05) is 0 Å². The fourth-order valence-electron chi connectivity index (χ4n) is 4.89. The molecule has 0 heterocycles. The normalized spacial score (nSPS) is 23.2. The molecule has 4 unspecified atom stereocenters. The Kier molecular flexibility index (Phi) is 14.5. The summed E-state index contributed by atoms with van der Waals surface area (Å²) in [7, 11) is 0. The maximum Gasteiger partial charge on any atom is 0.345 e. The van der Waals surface area contributed by atoms with E-state index < -0.39 is 11.2 Å².